The van der Waals surface area contributed by atoms with Crippen LogP contribution in [0, 0.1) is 0 Å². The molecule has 1 aromatic rings. The number of amides is 1. The van der Waals surface area contributed by atoms with Crippen molar-refractivity contribution in [2.24, 2.45) is 0 Å². The first-order valence-electron chi connectivity index (χ1n) is 6.44. The SMILES string of the molecule is CC(SCc1cccc(C(F)(F)F)c1)C(=O)NC1CC1. The lowest BCUT2D eigenvalue weighted by molar-refractivity contribution is -0.137. The molecule has 110 valence electrons. The van der Waals surface area contributed by atoms with Gasteiger partial charge in [-0.2, -0.15) is 13.2 Å². The summed E-state index contributed by atoms with van der Waals surface area (Å²) in [4.78, 5) is 11.7. The summed E-state index contributed by atoms with van der Waals surface area (Å²) >= 11 is 1.35. The van der Waals surface area contributed by atoms with Crippen LogP contribution in [0.1, 0.15) is 30.9 Å². The van der Waals surface area contributed by atoms with Crippen LogP contribution in [0.2, 0.25) is 0 Å². The average molecular weight is 303 g/mol. The van der Waals surface area contributed by atoms with Gasteiger partial charge < -0.3 is 5.32 Å². The standard InChI is InChI=1S/C14H16F3NOS/c1-9(13(19)18-12-5-6-12)20-8-10-3-2-4-11(7-10)14(15,16)17/h2-4,7,9,12H,5-6,8H2,1H3,(H,18,19). The number of rotatable bonds is 5. The number of benzene rings is 1. The summed E-state index contributed by atoms with van der Waals surface area (Å²) in [6.45, 7) is 1.77. The fourth-order valence-electron chi connectivity index (χ4n) is 1.68. The van der Waals surface area contributed by atoms with E-state index in [0.717, 1.165) is 25.0 Å². The molecule has 1 unspecified atom stereocenters. The maximum Gasteiger partial charge on any atom is 0.416 e. The topological polar surface area (TPSA) is 29.1 Å². The molecule has 2 nitrogen and oxygen atoms in total. The Kier molecular flexibility index (Phi) is 4.62. The molecule has 1 amide bonds. The molecule has 6 heteroatoms. The van der Waals surface area contributed by atoms with Gasteiger partial charge in [0.25, 0.3) is 0 Å². The van der Waals surface area contributed by atoms with E-state index in [1.807, 2.05) is 0 Å². The minimum atomic E-state index is -4.32. The largest absolute Gasteiger partial charge is 0.416 e. The molecule has 1 N–H and O–H groups in total. The molecule has 1 saturated carbocycles. The number of alkyl halides is 3. The predicted octanol–water partition coefficient (Wildman–Crippen LogP) is 3.61. The van der Waals surface area contributed by atoms with E-state index in [4.69, 9.17) is 0 Å². The highest BCUT2D eigenvalue weighted by atomic mass is 32.2. The Morgan fingerprint density at radius 1 is 1.45 bits per heavy atom. The third-order valence-corrected chi connectivity index (χ3v) is 4.26. The zero-order valence-electron chi connectivity index (χ0n) is 11.0. The van der Waals surface area contributed by atoms with Crippen molar-refractivity contribution in [1.82, 2.24) is 5.32 Å². The van der Waals surface area contributed by atoms with Crippen LogP contribution in [0.25, 0.3) is 0 Å². The Morgan fingerprint density at radius 2 is 2.15 bits per heavy atom. The van der Waals surface area contributed by atoms with Gasteiger partial charge in [0.15, 0.2) is 0 Å². The molecule has 1 aliphatic carbocycles. The summed E-state index contributed by atoms with van der Waals surface area (Å²) < 4.78 is 37.7. The van der Waals surface area contributed by atoms with Crippen LogP contribution in [0.15, 0.2) is 24.3 Å². The van der Waals surface area contributed by atoms with Gasteiger partial charge in [0.05, 0.1) is 10.8 Å². The second-order valence-electron chi connectivity index (χ2n) is 4.93. The van der Waals surface area contributed by atoms with Gasteiger partial charge in [-0.25, -0.2) is 0 Å². The number of carbonyl (C=O) groups is 1. The monoisotopic (exact) mass is 303 g/mol. The van der Waals surface area contributed by atoms with Crippen LogP contribution in [0.5, 0.6) is 0 Å². The van der Waals surface area contributed by atoms with Crippen LogP contribution in [0.3, 0.4) is 0 Å². The quantitative estimate of drug-likeness (QED) is 0.900. The van der Waals surface area contributed by atoms with Crippen molar-refractivity contribution < 1.29 is 18.0 Å². The molecule has 1 aromatic carbocycles. The molecule has 20 heavy (non-hydrogen) atoms. The van der Waals surface area contributed by atoms with E-state index in [2.05, 4.69) is 5.32 Å². The van der Waals surface area contributed by atoms with Gasteiger partial charge in [-0.1, -0.05) is 18.2 Å². The molecule has 0 heterocycles. The highest BCUT2D eigenvalue weighted by molar-refractivity contribution is 7.99. The zero-order chi connectivity index (χ0) is 14.8. The fourth-order valence-corrected chi connectivity index (χ4v) is 2.52. The second-order valence-corrected chi connectivity index (χ2v) is 6.26. The molecule has 1 aliphatic rings. The van der Waals surface area contributed by atoms with Crippen LogP contribution in [0.4, 0.5) is 13.2 Å². The van der Waals surface area contributed by atoms with Crippen molar-refractivity contribution in [3.05, 3.63) is 35.4 Å². The maximum absolute atomic E-state index is 12.6. The number of thioether (sulfide) groups is 1. The van der Waals surface area contributed by atoms with Crippen molar-refractivity contribution in [1.29, 1.82) is 0 Å². The Labute approximate surface area is 120 Å². The Balaban J connectivity index is 1.88. The van der Waals surface area contributed by atoms with Crippen molar-refractivity contribution >= 4 is 17.7 Å². The lowest BCUT2D eigenvalue weighted by Gasteiger charge is -2.12. The van der Waals surface area contributed by atoms with Gasteiger partial charge in [0.2, 0.25) is 5.91 Å². The lowest BCUT2D eigenvalue weighted by Crippen LogP contribution is -2.32. The highest BCUT2D eigenvalue weighted by Crippen LogP contribution is 2.30. The third kappa shape index (κ3) is 4.44. The molecule has 0 aromatic heterocycles. The van der Waals surface area contributed by atoms with Gasteiger partial charge in [0, 0.05) is 11.8 Å². The van der Waals surface area contributed by atoms with Gasteiger partial charge >= 0.3 is 6.18 Å². The molecule has 0 bridgehead atoms. The number of nitrogens with one attached hydrogen (secondary N) is 1. The minimum absolute atomic E-state index is 0.0375. The van der Waals surface area contributed by atoms with Crippen LogP contribution < -0.4 is 5.32 Å². The molecular weight excluding hydrogens is 287 g/mol. The molecule has 0 radical (unpaired) electrons. The average Bonchev–Trinajstić information content (AvgIpc) is 3.19. The normalized spacial score (nSPS) is 16.8. The summed E-state index contributed by atoms with van der Waals surface area (Å²) in [5.74, 6) is 0.355. The first kappa shape index (κ1) is 15.2. The van der Waals surface area contributed by atoms with Gasteiger partial charge in [-0.3, -0.25) is 4.79 Å². The molecule has 0 aliphatic heterocycles. The van der Waals surface area contributed by atoms with Crippen molar-refractivity contribution in [2.75, 3.05) is 0 Å². The molecule has 0 spiro atoms. The van der Waals surface area contributed by atoms with E-state index in [0.29, 0.717) is 17.4 Å². The number of hydrogen-bond donors (Lipinski definition) is 1. The summed E-state index contributed by atoms with van der Waals surface area (Å²) in [5.41, 5.74) is -0.0680. The molecule has 2 rings (SSSR count). The van der Waals surface area contributed by atoms with Crippen molar-refractivity contribution in [2.45, 2.75) is 43.0 Å². The van der Waals surface area contributed by atoms with E-state index >= 15 is 0 Å². The van der Waals surface area contributed by atoms with Crippen LogP contribution in [-0.2, 0) is 16.7 Å². The summed E-state index contributed by atoms with van der Waals surface area (Å²) in [6, 6.07) is 5.54. The summed E-state index contributed by atoms with van der Waals surface area (Å²) in [7, 11) is 0. The highest BCUT2D eigenvalue weighted by Gasteiger charge is 2.30. The van der Waals surface area contributed by atoms with E-state index < -0.39 is 11.7 Å². The van der Waals surface area contributed by atoms with Gasteiger partial charge in [-0.05, 0) is 31.4 Å². The van der Waals surface area contributed by atoms with E-state index in [9.17, 15) is 18.0 Å². The first-order valence-corrected chi connectivity index (χ1v) is 7.49. The second kappa shape index (κ2) is 6.08. The molecular formula is C14H16F3NOS. The van der Waals surface area contributed by atoms with E-state index in [1.54, 1.807) is 13.0 Å². The minimum Gasteiger partial charge on any atom is -0.352 e. The van der Waals surface area contributed by atoms with Crippen LogP contribution in [-0.4, -0.2) is 17.2 Å². The number of halogens is 3. The smallest absolute Gasteiger partial charge is 0.352 e. The van der Waals surface area contributed by atoms with E-state index in [1.165, 1.54) is 17.8 Å². The van der Waals surface area contributed by atoms with E-state index in [-0.39, 0.29) is 11.2 Å². The Hall–Kier alpha value is -1.17. The maximum atomic E-state index is 12.6. The lowest BCUT2D eigenvalue weighted by atomic mass is 10.1. The van der Waals surface area contributed by atoms with Crippen molar-refractivity contribution in [3.63, 3.8) is 0 Å². The summed E-state index contributed by atoms with van der Waals surface area (Å²) in [5, 5.41) is 2.63. The van der Waals surface area contributed by atoms with Crippen LogP contribution >= 0.6 is 11.8 Å². The molecule has 1 atom stereocenters. The predicted molar refractivity (Wildman–Crippen MR) is 73.4 cm³/mol. The number of hydrogen-bond acceptors (Lipinski definition) is 2. The zero-order valence-corrected chi connectivity index (χ0v) is 11.9. The summed E-state index contributed by atoms with van der Waals surface area (Å²) in [6.07, 6.45) is -2.27. The van der Waals surface area contributed by atoms with Gasteiger partial charge in [-0.15, -0.1) is 11.8 Å². The van der Waals surface area contributed by atoms with Gasteiger partial charge in [0.1, 0.15) is 0 Å². The Morgan fingerprint density at radius 3 is 2.75 bits per heavy atom. The molecule has 1 fully saturated rings. The first-order chi connectivity index (χ1) is 9.36. The fraction of sp³-hybridized carbons (Fsp3) is 0.500. The third-order valence-electron chi connectivity index (χ3n) is 3.05. The van der Waals surface area contributed by atoms with Crippen molar-refractivity contribution in [3.8, 4) is 0 Å². The Bertz CT molecular complexity index is 486. The number of carbonyl (C=O) groups excluding carboxylic acids is 1. The molecule has 0 saturated heterocycles.